The van der Waals surface area contributed by atoms with Crippen LogP contribution in [-0.2, 0) is 10.1 Å². The van der Waals surface area contributed by atoms with Crippen LogP contribution in [0.2, 0.25) is 0 Å². The summed E-state index contributed by atoms with van der Waals surface area (Å²) in [7, 11) is -2.28. The minimum atomic E-state index is -3.87. The van der Waals surface area contributed by atoms with E-state index in [0.717, 1.165) is 14.7 Å². The van der Waals surface area contributed by atoms with Crippen molar-refractivity contribution in [1.29, 1.82) is 0 Å². The first kappa shape index (κ1) is 18.1. The Morgan fingerprint density at radius 1 is 1.04 bits per heavy atom. The van der Waals surface area contributed by atoms with E-state index in [0.29, 0.717) is 11.5 Å². The Hall–Kier alpha value is -1.28. The molecule has 0 spiro atoms. The lowest BCUT2D eigenvalue weighted by molar-refractivity contribution is 0.409. The predicted molar refractivity (Wildman–Crippen MR) is 98.8 cm³/mol. The van der Waals surface area contributed by atoms with E-state index in [1.807, 2.05) is 26.8 Å². The highest BCUT2D eigenvalue weighted by atomic mass is 127. The predicted octanol–water partition coefficient (Wildman–Crippen LogP) is 4.50. The first-order chi connectivity index (χ1) is 10.7. The zero-order chi connectivity index (χ0) is 17.2. The molecule has 0 aliphatic heterocycles. The molecule has 0 atom stereocenters. The number of benzene rings is 2. The third-order valence-corrected chi connectivity index (χ3v) is 5.51. The van der Waals surface area contributed by atoms with E-state index in [-0.39, 0.29) is 10.8 Å². The maximum Gasteiger partial charge on any atom is 0.339 e. The lowest BCUT2D eigenvalue weighted by Gasteiger charge is -2.16. The fraction of sp³-hybridized carbons (Fsp3) is 0.294. The summed E-state index contributed by atoms with van der Waals surface area (Å²) in [5, 5.41) is 0. The van der Waals surface area contributed by atoms with Crippen molar-refractivity contribution < 1.29 is 17.3 Å². The fourth-order valence-corrected chi connectivity index (χ4v) is 3.71. The maximum absolute atomic E-state index is 12.5. The standard InChI is InChI=1S/C17H19IO4S/c1-11(2)14-9-17(21-4)15(18)10-16(14)22-23(19,20)13-7-5-12(3)6-8-13/h5-11H,1-4H3. The Bertz CT molecular complexity index is 796. The molecule has 124 valence electrons. The average molecular weight is 446 g/mol. The van der Waals surface area contributed by atoms with Crippen LogP contribution in [0.5, 0.6) is 11.5 Å². The van der Waals surface area contributed by atoms with Gasteiger partial charge in [-0.2, -0.15) is 8.42 Å². The zero-order valence-electron chi connectivity index (χ0n) is 13.5. The van der Waals surface area contributed by atoms with Crippen LogP contribution in [0.1, 0.15) is 30.9 Å². The number of hydrogen-bond acceptors (Lipinski definition) is 4. The van der Waals surface area contributed by atoms with Crippen molar-refractivity contribution in [1.82, 2.24) is 0 Å². The molecular weight excluding hydrogens is 427 g/mol. The monoisotopic (exact) mass is 446 g/mol. The highest BCUT2D eigenvalue weighted by Crippen LogP contribution is 2.35. The minimum Gasteiger partial charge on any atom is -0.496 e. The van der Waals surface area contributed by atoms with Crippen LogP contribution in [-0.4, -0.2) is 15.5 Å². The van der Waals surface area contributed by atoms with Gasteiger partial charge in [-0.1, -0.05) is 31.5 Å². The summed E-state index contributed by atoms with van der Waals surface area (Å²) in [5.41, 5.74) is 1.78. The Kier molecular flexibility index (Phi) is 5.57. The largest absolute Gasteiger partial charge is 0.496 e. The molecular formula is C17H19IO4S. The van der Waals surface area contributed by atoms with Gasteiger partial charge in [0.1, 0.15) is 16.4 Å². The summed E-state index contributed by atoms with van der Waals surface area (Å²) in [4.78, 5) is 0.142. The molecule has 0 aromatic heterocycles. The van der Waals surface area contributed by atoms with Crippen molar-refractivity contribution in [3.63, 3.8) is 0 Å². The summed E-state index contributed by atoms with van der Waals surface area (Å²) in [5.74, 6) is 1.14. The second-order valence-electron chi connectivity index (χ2n) is 5.53. The van der Waals surface area contributed by atoms with Gasteiger partial charge in [0.2, 0.25) is 0 Å². The smallest absolute Gasteiger partial charge is 0.339 e. The maximum atomic E-state index is 12.5. The third kappa shape index (κ3) is 4.17. The Morgan fingerprint density at radius 2 is 1.65 bits per heavy atom. The van der Waals surface area contributed by atoms with Gasteiger partial charge >= 0.3 is 10.1 Å². The van der Waals surface area contributed by atoms with Gasteiger partial charge in [-0.25, -0.2) is 0 Å². The van der Waals surface area contributed by atoms with Gasteiger partial charge in [0.05, 0.1) is 10.7 Å². The van der Waals surface area contributed by atoms with Gasteiger partial charge in [-0.3, -0.25) is 0 Å². The summed E-state index contributed by atoms with van der Waals surface area (Å²) in [6, 6.07) is 10.1. The summed E-state index contributed by atoms with van der Waals surface area (Å²) in [6.07, 6.45) is 0. The van der Waals surface area contributed by atoms with Crippen LogP contribution >= 0.6 is 22.6 Å². The lowest BCUT2D eigenvalue weighted by atomic mass is 10.0. The number of methoxy groups -OCH3 is 1. The van der Waals surface area contributed by atoms with E-state index < -0.39 is 10.1 Å². The van der Waals surface area contributed by atoms with E-state index in [4.69, 9.17) is 8.92 Å². The van der Waals surface area contributed by atoms with E-state index in [2.05, 4.69) is 22.6 Å². The van der Waals surface area contributed by atoms with E-state index in [9.17, 15) is 8.42 Å². The van der Waals surface area contributed by atoms with Gasteiger partial charge in [0.25, 0.3) is 0 Å². The van der Waals surface area contributed by atoms with Crippen molar-refractivity contribution in [2.24, 2.45) is 0 Å². The van der Waals surface area contributed by atoms with Crippen LogP contribution in [0.3, 0.4) is 0 Å². The number of rotatable bonds is 5. The molecule has 6 heteroatoms. The Labute approximate surface area is 151 Å². The van der Waals surface area contributed by atoms with E-state index in [1.54, 1.807) is 37.4 Å². The van der Waals surface area contributed by atoms with Crippen molar-refractivity contribution in [3.05, 3.63) is 51.1 Å². The first-order valence-electron chi connectivity index (χ1n) is 7.13. The van der Waals surface area contributed by atoms with Gasteiger partial charge < -0.3 is 8.92 Å². The Morgan fingerprint density at radius 3 is 2.17 bits per heavy atom. The van der Waals surface area contributed by atoms with Crippen molar-refractivity contribution >= 4 is 32.7 Å². The van der Waals surface area contributed by atoms with Crippen molar-refractivity contribution in [2.75, 3.05) is 7.11 Å². The SMILES string of the molecule is COc1cc(C(C)C)c(OS(=O)(=O)c2ccc(C)cc2)cc1I. The van der Waals surface area contributed by atoms with Crippen LogP contribution in [0, 0.1) is 10.5 Å². The number of hydrogen-bond donors (Lipinski definition) is 0. The van der Waals surface area contributed by atoms with Gasteiger partial charge in [0, 0.05) is 5.56 Å². The van der Waals surface area contributed by atoms with Gasteiger partial charge in [0.15, 0.2) is 0 Å². The number of ether oxygens (including phenoxy) is 1. The molecule has 0 aliphatic rings. The Balaban J connectivity index is 2.46. The topological polar surface area (TPSA) is 52.6 Å². The number of aryl methyl sites for hydroxylation is 1. The average Bonchev–Trinajstić information content (AvgIpc) is 2.47. The van der Waals surface area contributed by atoms with Crippen LogP contribution in [0.25, 0.3) is 0 Å². The molecule has 2 aromatic rings. The molecule has 0 amide bonds. The molecule has 0 heterocycles. The van der Waals surface area contributed by atoms with Crippen molar-refractivity contribution in [2.45, 2.75) is 31.6 Å². The third-order valence-electron chi connectivity index (χ3n) is 3.42. The molecule has 0 aliphatic carbocycles. The number of halogens is 1. The molecule has 0 bridgehead atoms. The quantitative estimate of drug-likeness (QED) is 0.502. The molecule has 2 rings (SSSR count). The molecule has 23 heavy (non-hydrogen) atoms. The lowest BCUT2D eigenvalue weighted by Crippen LogP contribution is -2.12. The molecule has 0 saturated carbocycles. The van der Waals surface area contributed by atoms with Crippen LogP contribution < -0.4 is 8.92 Å². The molecule has 0 fully saturated rings. The molecule has 0 saturated heterocycles. The molecule has 0 unspecified atom stereocenters. The first-order valence-corrected chi connectivity index (χ1v) is 9.62. The van der Waals surface area contributed by atoms with Crippen molar-refractivity contribution in [3.8, 4) is 11.5 Å². The van der Waals surface area contributed by atoms with Crippen LogP contribution in [0.15, 0.2) is 41.3 Å². The normalized spacial score (nSPS) is 11.6. The molecule has 0 radical (unpaired) electrons. The second kappa shape index (κ2) is 7.09. The fourth-order valence-electron chi connectivity index (χ4n) is 2.10. The molecule has 4 nitrogen and oxygen atoms in total. The molecule has 0 N–H and O–H groups in total. The molecule has 2 aromatic carbocycles. The highest BCUT2D eigenvalue weighted by Gasteiger charge is 2.21. The van der Waals surface area contributed by atoms with Crippen LogP contribution in [0.4, 0.5) is 0 Å². The highest BCUT2D eigenvalue weighted by molar-refractivity contribution is 14.1. The van der Waals surface area contributed by atoms with E-state index >= 15 is 0 Å². The zero-order valence-corrected chi connectivity index (χ0v) is 16.4. The minimum absolute atomic E-state index is 0.101. The summed E-state index contributed by atoms with van der Waals surface area (Å²) in [6.45, 7) is 5.86. The summed E-state index contributed by atoms with van der Waals surface area (Å²) >= 11 is 2.10. The summed E-state index contributed by atoms with van der Waals surface area (Å²) < 4.78 is 36.5. The van der Waals surface area contributed by atoms with Gasteiger partial charge in [-0.15, -0.1) is 0 Å². The van der Waals surface area contributed by atoms with Gasteiger partial charge in [-0.05, 0) is 59.7 Å². The second-order valence-corrected chi connectivity index (χ2v) is 8.24. The van der Waals surface area contributed by atoms with E-state index in [1.165, 1.54) is 0 Å².